The maximum atomic E-state index is 5.56. The molecule has 5 heteroatoms. The van der Waals surface area contributed by atoms with Crippen LogP contribution in [0, 0.1) is 0 Å². The Balaban J connectivity index is 2.52. The lowest BCUT2D eigenvalue weighted by atomic mass is 10.2. The van der Waals surface area contributed by atoms with Crippen molar-refractivity contribution in [2.75, 3.05) is 11.9 Å². The molecule has 1 heterocycles. The Kier molecular flexibility index (Phi) is 4.11. The van der Waals surface area contributed by atoms with Crippen molar-refractivity contribution >= 4 is 16.7 Å². The molecule has 0 fully saturated rings. The van der Waals surface area contributed by atoms with Gasteiger partial charge in [0, 0.05) is 30.5 Å². The molecule has 1 atom stereocenters. The quantitative estimate of drug-likeness (QED) is 0.751. The van der Waals surface area contributed by atoms with Crippen molar-refractivity contribution in [2.24, 2.45) is 5.73 Å². The number of anilines is 1. The van der Waals surface area contributed by atoms with E-state index in [1.165, 1.54) is 11.5 Å². The average Bonchev–Trinajstić information content (AvgIpc) is 2.61. The average molecular weight is 200 g/mol. The molecule has 1 aromatic rings. The highest BCUT2D eigenvalue weighted by molar-refractivity contribution is 7.09. The van der Waals surface area contributed by atoms with E-state index in [0.717, 1.165) is 23.8 Å². The molecule has 0 saturated carbocycles. The van der Waals surface area contributed by atoms with E-state index in [-0.39, 0.29) is 0 Å². The summed E-state index contributed by atoms with van der Waals surface area (Å²) in [7, 11) is 0. The van der Waals surface area contributed by atoms with Crippen molar-refractivity contribution in [3.8, 4) is 0 Å². The minimum atomic E-state index is 0.317. The van der Waals surface area contributed by atoms with Crippen molar-refractivity contribution < 1.29 is 0 Å². The summed E-state index contributed by atoms with van der Waals surface area (Å²) in [5, 5.41) is 4.14. The summed E-state index contributed by atoms with van der Waals surface area (Å²) >= 11 is 1.41. The third-order valence-electron chi connectivity index (χ3n) is 1.89. The summed E-state index contributed by atoms with van der Waals surface area (Å²) < 4.78 is 4.18. The van der Waals surface area contributed by atoms with Gasteiger partial charge in [0.2, 0.25) is 5.13 Å². The normalized spacial score (nSPS) is 12.8. The highest BCUT2D eigenvalue weighted by Crippen LogP contribution is 2.12. The Labute approximate surface area is 82.7 Å². The highest BCUT2D eigenvalue weighted by atomic mass is 32.1. The van der Waals surface area contributed by atoms with Crippen LogP contribution in [-0.2, 0) is 6.42 Å². The Hall–Kier alpha value is -0.680. The predicted molar refractivity (Wildman–Crippen MR) is 56.0 cm³/mol. The molecule has 1 aromatic heterocycles. The maximum absolute atomic E-state index is 5.56. The minimum Gasteiger partial charge on any atom is -0.356 e. The standard InChI is InChI=1S/C8H16N4S/c1-3-6(5-9)10-8-11-7(4-2)12-13-8/h6H,3-5,9H2,1-2H3,(H,10,11,12). The number of hydrogen-bond acceptors (Lipinski definition) is 5. The summed E-state index contributed by atoms with van der Waals surface area (Å²) in [5.41, 5.74) is 5.56. The van der Waals surface area contributed by atoms with Crippen LogP contribution in [0.25, 0.3) is 0 Å². The van der Waals surface area contributed by atoms with Gasteiger partial charge in [-0.15, -0.1) is 0 Å². The van der Waals surface area contributed by atoms with Crippen molar-refractivity contribution in [3.05, 3.63) is 5.82 Å². The zero-order valence-corrected chi connectivity index (χ0v) is 8.90. The van der Waals surface area contributed by atoms with Crippen LogP contribution in [0.15, 0.2) is 0 Å². The molecule has 0 aliphatic rings. The molecule has 0 bridgehead atoms. The number of hydrogen-bond donors (Lipinski definition) is 2. The summed E-state index contributed by atoms with van der Waals surface area (Å²) in [4.78, 5) is 4.31. The third-order valence-corrected chi connectivity index (χ3v) is 2.57. The molecule has 3 N–H and O–H groups in total. The van der Waals surface area contributed by atoms with Crippen LogP contribution < -0.4 is 11.1 Å². The number of aryl methyl sites for hydroxylation is 1. The summed E-state index contributed by atoms with van der Waals surface area (Å²) in [6.07, 6.45) is 1.90. The zero-order valence-electron chi connectivity index (χ0n) is 8.08. The van der Waals surface area contributed by atoms with Gasteiger partial charge in [0.25, 0.3) is 0 Å². The van der Waals surface area contributed by atoms with Gasteiger partial charge in [-0.1, -0.05) is 13.8 Å². The smallest absolute Gasteiger partial charge is 0.202 e. The Morgan fingerprint density at radius 2 is 2.31 bits per heavy atom. The third kappa shape index (κ3) is 2.93. The van der Waals surface area contributed by atoms with Crippen LogP contribution in [0.1, 0.15) is 26.1 Å². The number of nitrogens with one attached hydrogen (secondary N) is 1. The van der Waals surface area contributed by atoms with E-state index in [0.29, 0.717) is 12.6 Å². The van der Waals surface area contributed by atoms with Crippen molar-refractivity contribution in [3.63, 3.8) is 0 Å². The first-order chi connectivity index (χ1) is 6.30. The maximum Gasteiger partial charge on any atom is 0.202 e. The van der Waals surface area contributed by atoms with Gasteiger partial charge in [-0.05, 0) is 6.42 Å². The van der Waals surface area contributed by atoms with Gasteiger partial charge in [-0.3, -0.25) is 0 Å². The van der Waals surface area contributed by atoms with Crippen molar-refractivity contribution in [2.45, 2.75) is 32.7 Å². The van der Waals surface area contributed by atoms with E-state index in [4.69, 9.17) is 5.73 Å². The number of aromatic nitrogens is 2. The lowest BCUT2D eigenvalue weighted by Gasteiger charge is -2.12. The molecule has 74 valence electrons. The predicted octanol–water partition coefficient (Wildman–Crippen LogP) is 1.25. The second kappa shape index (κ2) is 5.14. The monoisotopic (exact) mass is 200 g/mol. The lowest BCUT2D eigenvalue weighted by Crippen LogP contribution is -2.27. The van der Waals surface area contributed by atoms with E-state index in [9.17, 15) is 0 Å². The van der Waals surface area contributed by atoms with Gasteiger partial charge in [0.1, 0.15) is 5.82 Å². The van der Waals surface area contributed by atoms with Gasteiger partial charge in [-0.25, -0.2) is 4.98 Å². The van der Waals surface area contributed by atoms with E-state index < -0.39 is 0 Å². The molecule has 0 aliphatic heterocycles. The molecule has 4 nitrogen and oxygen atoms in total. The first kappa shape index (κ1) is 10.4. The fraction of sp³-hybridized carbons (Fsp3) is 0.750. The molecule has 1 unspecified atom stereocenters. The second-order valence-electron chi connectivity index (χ2n) is 2.85. The van der Waals surface area contributed by atoms with Crippen LogP contribution in [0.2, 0.25) is 0 Å². The second-order valence-corrected chi connectivity index (χ2v) is 3.61. The van der Waals surface area contributed by atoms with Gasteiger partial charge in [0.15, 0.2) is 0 Å². The first-order valence-corrected chi connectivity index (χ1v) is 5.36. The van der Waals surface area contributed by atoms with Crippen molar-refractivity contribution in [1.29, 1.82) is 0 Å². The molecular formula is C8H16N4S. The van der Waals surface area contributed by atoms with Crippen LogP contribution in [0.5, 0.6) is 0 Å². The van der Waals surface area contributed by atoms with Crippen LogP contribution >= 0.6 is 11.5 Å². The van der Waals surface area contributed by atoms with Crippen LogP contribution in [0.4, 0.5) is 5.13 Å². The number of nitrogens with two attached hydrogens (primary N) is 1. The van der Waals surface area contributed by atoms with Gasteiger partial charge >= 0.3 is 0 Å². The van der Waals surface area contributed by atoms with Gasteiger partial charge < -0.3 is 11.1 Å². The topological polar surface area (TPSA) is 63.8 Å². The van der Waals surface area contributed by atoms with Gasteiger partial charge in [-0.2, -0.15) is 4.37 Å². The van der Waals surface area contributed by atoms with Crippen molar-refractivity contribution in [1.82, 2.24) is 9.36 Å². The Morgan fingerprint density at radius 3 is 2.77 bits per heavy atom. The lowest BCUT2D eigenvalue weighted by molar-refractivity contribution is 0.702. The molecule has 0 aliphatic carbocycles. The molecular weight excluding hydrogens is 184 g/mol. The van der Waals surface area contributed by atoms with Crippen LogP contribution in [-0.4, -0.2) is 21.9 Å². The summed E-state index contributed by atoms with van der Waals surface area (Å²) in [6, 6.07) is 0.317. The SMILES string of the molecule is CCc1nsc(NC(CC)CN)n1. The van der Waals surface area contributed by atoms with Gasteiger partial charge in [0.05, 0.1) is 0 Å². The Morgan fingerprint density at radius 1 is 1.54 bits per heavy atom. The van der Waals surface area contributed by atoms with Crippen LogP contribution in [0.3, 0.4) is 0 Å². The number of nitrogens with zero attached hydrogens (tertiary/aromatic N) is 2. The summed E-state index contributed by atoms with van der Waals surface area (Å²) in [6.45, 7) is 4.79. The zero-order chi connectivity index (χ0) is 9.68. The van der Waals surface area contributed by atoms with E-state index in [2.05, 4.69) is 21.6 Å². The van der Waals surface area contributed by atoms with E-state index in [1.54, 1.807) is 0 Å². The molecule has 13 heavy (non-hydrogen) atoms. The molecule has 0 saturated heterocycles. The number of rotatable bonds is 5. The fourth-order valence-electron chi connectivity index (χ4n) is 0.958. The highest BCUT2D eigenvalue weighted by Gasteiger charge is 2.06. The Bertz CT molecular complexity index is 244. The first-order valence-electron chi connectivity index (χ1n) is 4.59. The minimum absolute atomic E-state index is 0.317. The molecule has 1 rings (SSSR count). The molecule has 0 spiro atoms. The van der Waals surface area contributed by atoms with E-state index in [1.807, 2.05) is 6.92 Å². The summed E-state index contributed by atoms with van der Waals surface area (Å²) in [5.74, 6) is 0.902. The largest absolute Gasteiger partial charge is 0.356 e. The fourth-order valence-corrected chi connectivity index (χ4v) is 1.69. The molecule has 0 amide bonds. The molecule has 0 radical (unpaired) electrons. The molecule has 0 aromatic carbocycles. The van der Waals surface area contributed by atoms with E-state index >= 15 is 0 Å².